The Morgan fingerprint density at radius 2 is 2.18 bits per heavy atom. The maximum Gasteiger partial charge on any atom is 0.0945 e. The van der Waals surface area contributed by atoms with Crippen LogP contribution in [-0.2, 0) is 4.74 Å². The van der Waals surface area contributed by atoms with Gasteiger partial charge in [-0.05, 0) is 25.2 Å². The molecule has 0 aromatic carbocycles. The number of hydrogen-bond donors (Lipinski definition) is 2. The Morgan fingerprint density at radius 1 is 1.47 bits per heavy atom. The highest BCUT2D eigenvalue weighted by molar-refractivity contribution is 5.01. The SMILES string of the molecule is CCC1CCCC(CN)(C(O)(CC)COC)C1. The first kappa shape index (κ1) is 14.9. The van der Waals surface area contributed by atoms with Gasteiger partial charge in [-0.1, -0.05) is 33.1 Å². The van der Waals surface area contributed by atoms with E-state index >= 15 is 0 Å². The summed E-state index contributed by atoms with van der Waals surface area (Å²) in [6.07, 6.45) is 6.46. The molecule has 0 spiro atoms. The molecule has 0 amide bonds. The minimum absolute atomic E-state index is 0.142. The summed E-state index contributed by atoms with van der Waals surface area (Å²) in [5.41, 5.74) is 5.13. The summed E-state index contributed by atoms with van der Waals surface area (Å²) in [5.74, 6) is 0.710. The Morgan fingerprint density at radius 3 is 2.65 bits per heavy atom. The van der Waals surface area contributed by atoms with Crippen molar-refractivity contribution in [2.45, 2.75) is 58.0 Å². The molecule has 1 fully saturated rings. The van der Waals surface area contributed by atoms with Gasteiger partial charge in [0.25, 0.3) is 0 Å². The van der Waals surface area contributed by atoms with Crippen LogP contribution in [0, 0.1) is 11.3 Å². The average Bonchev–Trinajstić information content (AvgIpc) is 2.38. The first-order valence-electron chi connectivity index (χ1n) is 6.99. The van der Waals surface area contributed by atoms with Crippen molar-refractivity contribution in [1.82, 2.24) is 0 Å². The molecule has 3 atom stereocenters. The molecular weight excluding hydrogens is 214 g/mol. The molecule has 0 heterocycles. The lowest BCUT2D eigenvalue weighted by Crippen LogP contribution is -2.57. The predicted octanol–water partition coefficient (Wildman–Crippen LogP) is 2.32. The van der Waals surface area contributed by atoms with Gasteiger partial charge in [-0.3, -0.25) is 0 Å². The molecule has 1 saturated carbocycles. The van der Waals surface area contributed by atoms with E-state index in [-0.39, 0.29) is 5.41 Å². The van der Waals surface area contributed by atoms with Crippen LogP contribution < -0.4 is 5.73 Å². The summed E-state index contributed by atoms with van der Waals surface area (Å²) < 4.78 is 5.24. The zero-order chi connectivity index (χ0) is 12.9. The Kier molecular flexibility index (Phi) is 5.42. The Labute approximate surface area is 106 Å². The molecule has 1 aliphatic rings. The number of methoxy groups -OCH3 is 1. The average molecular weight is 243 g/mol. The van der Waals surface area contributed by atoms with Gasteiger partial charge < -0.3 is 15.6 Å². The van der Waals surface area contributed by atoms with Gasteiger partial charge in [-0.2, -0.15) is 0 Å². The summed E-state index contributed by atoms with van der Waals surface area (Å²) >= 11 is 0. The van der Waals surface area contributed by atoms with Crippen LogP contribution in [0.2, 0.25) is 0 Å². The van der Waals surface area contributed by atoms with Gasteiger partial charge in [0, 0.05) is 19.1 Å². The summed E-state index contributed by atoms with van der Waals surface area (Å²) in [4.78, 5) is 0. The fourth-order valence-corrected chi connectivity index (χ4v) is 3.50. The summed E-state index contributed by atoms with van der Waals surface area (Å²) in [6, 6.07) is 0. The van der Waals surface area contributed by atoms with Crippen molar-refractivity contribution < 1.29 is 9.84 Å². The van der Waals surface area contributed by atoms with E-state index in [0.717, 1.165) is 12.8 Å². The molecule has 3 nitrogen and oxygen atoms in total. The van der Waals surface area contributed by atoms with Crippen molar-refractivity contribution in [3.8, 4) is 0 Å². The summed E-state index contributed by atoms with van der Waals surface area (Å²) in [5, 5.41) is 10.9. The van der Waals surface area contributed by atoms with Crippen molar-refractivity contribution >= 4 is 0 Å². The highest BCUT2D eigenvalue weighted by Crippen LogP contribution is 2.48. The minimum Gasteiger partial charge on any atom is -0.387 e. The lowest BCUT2D eigenvalue weighted by atomic mass is 9.59. The van der Waals surface area contributed by atoms with Gasteiger partial charge in [0.2, 0.25) is 0 Å². The number of nitrogens with two attached hydrogens (primary N) is 1. The smallest absolute Gasteiger partial charge is 0.0945 e. The third kappa shape index (κ3) is 2.83. The molecule has 1 aliphatic carbocycles. The second-order valence-corrected chi connectivity index (χ2v) is 5.67. The second-order valence-electron chi connectivity index (χ2n) is 5.67. The van der Waals surface area contributed by atoms with E-state index in [1.54, 1.807) is 7.11 Å². The number of aliphatic hydroxyl groups is 1. The number of rotatable bonds is 6. The Bertz CT molecular complexity index is 234. The first-order valence-corrected chi connectivity index (χ1v) is 6.99. The van der Waals surface area contributed by atoms with Crippen LogP contribution >= 0.6 is 0 Å². The normalized spacial score (nSPS) is 33.4. The maximum absolute atomic E-state index is 10.9. The van der Waals surface area contributed by atoms with Crippen molar-refractivity contribution in [2.75, 3.05) is 20.3 Å². The Balaban J connectivity index is 2.91. The van der Waals surface area contributed by atoms with E-state index in [1.165, 1.54) is 19.3 Å². The van der Waals surface area contributed by atoms with E-state index in [2.05, 4.69) is 6.92 Å². The minimum atomic E-state index is -0.760. The number of ether oxygens (including phenoxy) is 1. The molecule has 0 aromatic rings. The monoisotopic (exact) mass is 243 g/mol. The summed E-state index contributed by atoms with van der Waals surface area (Å²) in [7, 11) is 1.66. The van der Waals surface area contributed by atoms with Gasteiger partial charge in [0.15, 0.2) is 0 Å². The molecule has 1 rings (SSSR count). The predicted molar refractivity (Wildman–Crippen MR) is 70.9 cm³/mol. The lowest BCUT2D eigenvalue weighted by Gasteiger charge is -2.50. The first-order chi connectivity index (χ1) is 8.07. The van der Waals surface area contributed by atoms with Crippen molar-refractivity contribution in [2.24, 2.45) is 17.1 Å². The maximum atomic E-state index is 10.9. The molecule has 0 bridgehead atoms. The van der Waals surface area contributed by atoms with Gasteiger partial charge in [0.05, 0.1) is 12.2 Å². The zero-order valence-corrected chi connectivity index (χ0v) is 11.7. The van der Waals surface area contributed by atoms with E-state index in [4.69, 9.17) is 10.5 Å². The van der Waals surface area contributed by atoms with Crippen LogP contribution in [0.4, 0.5) is 0 Å². The van der Waals surface area contributed by atoms with E-state index in [0.29, 0.717) is 25.5 Å². The fourth-order valence-electron chi connectivity index (χ4n) is 3.50. The van der Waals surface area contributed by atoms with Gasteiger partial charge in [0.1, 0.15) is 0 Å². The van der Waals surface area contributed by atoms with Crippen LogP contribution in [-0.4, -0.2) is 31.0 Å². The molecule has 102 valence electrons. The fraction of sp³-hybridized carbons (Fsp3) is 1.00. The van der Waals surface area contributed by atoms with Crippen molar-refractivity contribution in [1.29, 1.82) is 0 Å². The third-order valence-corrected chi connectivity index (χ3v) is 4.87. The largest absolute Gasteiger partial charge is 0.387 e. The van der Waals surface area contributed by atoms with Crippen LogP contribution in [0.1, 0.15) is 52.4 Å². The Hall–Kier alpha value is -0.120. The van der Waals surface area contributed by atoms with Crippen molar-refractivity contribution in [3.05, 3.63) is 0 Å². The van der Waals surface area contributed by atoms with Gasteiger partial charge >= 0.3 is 0 Å². The van der Waals surface area contributed by atoms with Gasteiger partial charge in [-0.25, -0.2) is 0 Å². The molecule has 0 saturated heterocycles. The molecule has 3 N–H and O–H groups in total. The topological polar surface area (TPSA) is 55.5 Å². The molecule has 0 aromatic heterocycles. The van der Waals surface area contributed by atoms with E-state index in [1.807, 2.05) is 6.92 Å². The third-order valence-electron chi connectivity index (χ3n) is 4.87. The molecule has 3 heteroatoms. The van der Waals surface area contributed by atoms with Gasteiger partial charge in [-0.15, -0.1) is 0 Å². The molecule has 0 aliphatic heterocycles. The standard InChI is InChI=1S/C14H29NO2/c1-4-12-7-6-8-13(9-12,10-15)14(16,5-2)11-17-3/h12,16H,4-11,15H2,1-3H3. The quantitative estimate of drug-likeness (QED) is 0.752. The highest BCUT2D eigenvalue weighted by Gasteiger charge is 2.50. The summed E-state index contributed by atoms with van der Waals surface area (Å²) in [6.45, 7) is 5.24. The van der Waals surface area contributed by atoms with Crippen molar-refractivity contribution in [3.63, 3.8) is 0 Å². The molecule has 3 unspecified atom stereocenters. The number of hydrogen-bond acceptors (Lipinski definition) is 3. The highest BCUT2D eigenvalue weighted by atomic mass is 16.5. The molecule has 0 radical (unpaired) electrons. The zero-order valence-electron chi connectivity index (χ0n) is 11.7. The van der Waals surface area contributed by atoms with E-state index in [9.17, 15) is 5.11 Å². The lowest BCUT2D eigenvalue weighted by molar-refractivity contribution is -0.145. The second kappa shape index (κ2) is 6.17. The van der Waals surface area contributed by atoms with Crippen LogP contribution in [0.3, 0.4) is 0 Å². The van der Waals surface area contributed by atoms with Crippen LogP contribution in [0.15, 0.2) is 0 Å². The van der Waals surface area contributed by atoms with Crippen LogP contribution in [0.5, 0.6) is 0 Å². The molecule has 17 heavy (non-hydrogen) atoms. The van der Waals surface area contributed by atoms with E-state index < -0.39 is 5.60 Å². The molecular formula is C14H29NO2. The van der Waals surface area contributed by atoms with Crippen LogP contribution in [0.25, 0.3) is 0 Å².